The minimum absolute atomic E-state index is 0.309. The molecule has 2 fully saturated rings. The summed E-state index contributed by atoms with van der Waals surface area (Å²) in [6, 6.07) is 0.348. The van der Waals surface area contributed by atoms with Crippen molar-refractivity contribution in [2.45, 2.75) is 76.9 Å². The molecule has 3 N–H and O–H groups in total. The number of hydrogen-bond donors (Lipinski definition) is 2. The van der Waals surface area contributed by atoms with Crippen LogP contribution in [0.15, 0.2) is 0 Å². The van der Waals surface area contributed by atoms with E-state index in [1.165, 1.54) is 57.8 Å². The second-order valence-corrected chi connectivity index (χ2v) is 6.81. The highest BCUT2D eigenvalue weighted by Crippen LogP contribution is 2.36. The lowest BCUT2D eigenvalue weighted by molar-refractivity contribution is -0.0147. The third-order valence-electron chi connectivity index (χ3n) is 5.50. The van der Waals surface area contributed by atoms with Crippen LogP contribution in [-0.4, -0.2) is 19.3 Å². The zero-order chi connectivity index (χ0) is 13.7. The van der Waals surface area contributed by atoms with Crippen molar-refractivity contribution in [1.82, 2.24) is 5.43 Å². The molecule has 2 atom stereocenters. The molecule has 2 aliphatic rings. The quantitative estimate of drug-likeness (QED) is 0.594. The Morgan fingerprint density at radius 1 is 0.947 bits per heavy atom. The molecule has 19 heavy (non-hydrogen) atoms. The minimum Gasteiger partial charge on any atom is -0.379 e. The Morgan fingerprint density at radius 3 is 2.11 bits per heavy atom. The number of hydrazine groups is 1. The van der Waals surface area contributed by atoms with Crippen LogP contribution in [0, 0.1) is 17.8 Å². The van der Waals surface area contributed by atoms with Gasteiger partial charge in [-0.3, -0.25) is 11.3 Å². The van der Waals surface area contributed by atoms with Crippen LogP contribution in [0.25, 0.3) is 0 Å². The predicted molar refractivity (Wildman–Crippen MR) is 79.6 cm³/mol. The predicted octanol–water partition coefficient (Wildman–Crippen LogP) is 3.24. The summed E-state index contributed by atoms with van der Waals surface area (Å²) in [6.45, 7) is 2.37. The SMILES string of the molecule is COC(C1CCCCC1)C(NN)C1CCC(C)CC1. The Bertz CT molecular complexity index is 245. The molecule has 3 heteroatoms. The molecule has 2 saturated carbocycles. The van der Waals surface area contributed by atoms with Gasteiger partial charge in [0, 0.05) is 7.11 Å². The number of ether oxygens (including phenoxy) is 1. The van der Waals surface area contributed by atoms with E-state index in [1.807, 2.05) is 7.11 Å². The zero-order valence-corrected chi connectivity index (χ0v) is 12.7. The Morgan fingerprint density at radius 2 is 1.58 bits per heavy atom. The van der Waals surface area contributed by atoms with Gasteiger partial charge in [-0.2, -0.15) is 0 Å². The normalized spacial score (nSPS) is 33.0. The van der Waals surface area contributed by atoms with Crippen molar-refractivity contribution >= 4 is 0 Å². The van der Waals surface area contributed by atoms with Crippen LogP contribution in [-0.2, 0) is 4.74 Å². The first-order chi connectivity index (χ1) is 9.26. The first-order valence-corrected chi connectivity index (χ1v) is 8.25. The van der Waals surface area contributed by atoms with Crippen molar-refractivity contribution in [2.24, 2.45) is 23.6 Å². The first-order valence-electron chi connectivity index (χ1n) is 8.25. The largest absolute Gasteiger partial charge is 0.379 e. The summed E-state index contributed by atoms with van der Waals surface area (Å²) in [5, 5.41) is 0. The van der Waals surface area contributed by atoms with Crippen molar-refractivity contribution in [3.8, 4) is 0 Å². The third-order valence-corrected chi connectivity index (χ3v) is 5.50. The monoisotopic (exact) mass is 268 g/mol. The maximum atomic E-state index is 5.89. The molecule has 0 spiro atoms. The van der Waals surface area contributed by atoms with Gasteiger partial charge in [-0.25, -0.2) is 0 Å². The number of nitrogens with two attached hydrogens (primary N) is 1. The van der Waals surface area contributed by atoms with Gasteiger partial charge in [0.1, 0.15) is 0 Å². The highest BCUT2D eigenvalue weighted by atomic mass is 16.5. The minimum atomic E-state index is 0.309. The van der Waals surface area contributed by atoms with Crippen LogP contribution in [0.2, 0.25) is 0 Å². The van der Waals surface area contributed by atoms with Gasteiger partial charge in [0.05, 0.1) is 12.1 Å². The fourth-order valence-electron chi connectivity index (χ4n) is 4.24. The summed E-state index contributed by atoms with van der Waals surface area (Å²) in [5.74, 6) is 8.19. The molecule has 2 aliphatic carbocycles. The molecular weight excluding hydrogens is 236 g/mol. The molecule has 0 amide bonds. The van der Waals surface area contributed by atoms with Crippen molar-refractivity contribution in [3.05, 3.63) is 0 Å². The summed E-state index contributed by atoms with van der Waals surface area (Å²) < 4.78 is 5.88. The molecular formula is C16H32N2O. The van der Waals surface area contributed by atoms with Crippen LogP contribution >= 0.6 is 0 Å². The van der Waals surface area contributed by atoms with E-state index in [9.17, 15) is 0 Å². The zero-order valence-electron chi connectivity index (χ0n) is 12.7. The Hall–Kier alpha value is -0.120. The van der Waals surface area contributed by atoms with Gasteiger partial charge in [0.25, 0.3) is 0 Å². The van der Waals surface area contributed by atoms with Gasteiger partial charge in [-0.15, -0.1) is 0 Å². The second-order valence-electron chi connectivity index (χ2n) is 6.81. The summed E-state index contributed by atoms with van der Waals surface area (Å²) in [7, 11) is 1.87. The van der Waals surface area contributed by atoms with Crippen LogP contribution in [0.4, 0.5) is 0 Å². The van der Waals surface area contributed by atoms with Crippen LogP contribution < -0.4 is 11.3 Å². The van der Waals surface area contributed by atoms with Crippen LogP contribution in [0.3, 0.4) is 0 Å². The van der Waals surface area contributed by atoms with E-state index in [2.05, 4.69) is 12.3 Å². The smallest absolute Gasteiger partial charge is 0.0768 e. The fourth-order valence-corrected chi connectivity index (χ4v) is 4.24. The molecule has 0 bridgehead atoms. The average molecular weight is 268 g/mol. The molecule has 0 aromatic heterocycles. The van der Waals surface area contributed by atoms with E-state index in [-0.39, 0.29) is 0 Å². The molecule has 2 unspecified atom stereocenters. The van der Waals surface area contributed by atoms with Crippen molar-refractivity contribution in [2.75, 3.05) is 7.11 Å². The van der Waals surface area contributed by atoms with Gasteiger partial charge < -0.3 is 4.74 Å². The van der Waals surface area contributed by atoms with Crippen LogP contribution in [0.1, 0.15) is 64.7 Å². The van der Waals surface area contributed by atoms with Gasteiger partial charge in [0.15, 0.2) is 0 Å². The van der Waals surface area contributed by atoms with E-state index in [4.69, 9.17) is 10.6 Å². The van der Waals surface area contributed by atoms with Gasteiger partial charge >= 0.3 is 0 Å². The molecule has 0 heterocycles. The van der Waals surface area contributed by atoms with Gasteiger partial charge in [0.2, 0.25) is 0 Å². The summed E-state index contributed by atoms with van der Waals surface area (Å²) in [5.41, 5.74) is 3.11. The lowest BCUT2D eigenvalue weighted by atomic mass is 9.73. The molecule has 2 rings (SSSR count). The molecule has 0 aromatic carbocycles. The van der Waals surface area contributed by atoms with Gasteiger partial charge in [-0.05, 0) is 43.4 Å². The Balaban J connectivity index is 1.96. The molecule has 112 valence electrons. The lowest BCUT2D eigenvalue weighted by Crippen LogP contribution is -2.53. The molecule has 3 nitrogen and oxygen atoms in total. The van der Waals surface area contributed by atoms with E-state index in [1.54, 1.807) is 0 Å². The Kier molecular flexibility index (Phi) is 6.11. The maximum Gasteiger partial charge on any atom is 0.0768 e. The number of rotatable bonds is 5. The highest BCUT2D eigenvalue weighted by molar-refractivity contribution is 4.90. The van der Waals surface area contributed by atoms with E-state index in [0.29, 0.717) is 24.0 Å². The fraction of sp³-hybridized carbons (Fsp3) is 1.00. The number of methoxy groups -OCH3 is 1. The topological polar surface area (TPSA) is 47.3 Å². The first kappa shape index (κ1) is 15.3. The van der Waals surface area contributed by atoms with Crippen LogP contribution in [0.5, 0.6) is 0 Å². The van der Waals surface area contributed by atoms with Crippen molar-refractivity contribution in [3.63, 3.8) is 0 Å². The molecule has 0 radical (unpaired) electrons. The molecule has 0 saturated heterocycles. The summed E-state index contributed by atoms with van der Waals surface area (Å²) in [6.07, 6.45) is 12.4. The van der Waals surface area contributed by atoms with E-state index in [0.717, 1.165) is 5.92 Å². The second kappa shape index (κ2) is 7.61. The van der Waals surface area contributed by atoms with Crippen molar-refractivity contribution in [1.29, 1.82) is 0 Å². The lowest BCUT2D eigenvalue weighted by Gasteiger charge is -2.40. The average Bonchev–Trinajstić information content (AvgIpc) is 2.47. The highest BCUT2D eigenvalue weighted by Gasteiger charge is 2.36. The Labute approximate surface area is 118 Å². The van der Waals surface area contributed by atoms with Gasteiger partial charge in [-0.1, -0.05) is 39.0 Å². The third kappa shape index (κ3) is 3.93. The number of nitrogens with one attached hydrogen (secondary N) is 1. The number of hydrogen-bond acceptors (Lipinski definition) is 3. The molecule has 0 aromatic rings. The van der Waals surface area contributed by atoms with Crippen molar-refractivity contribution < 1.29 is 4.74 Å². The standard InChI is InChI=1S/C16H32N2O/c1-12-8-10-13(11-9-12)15(18-17)16(19-2)14-6-4-3-5-7-14/h12-16,18H,3-11,17H2,1-2H3. The maximum absolute atomic E-state index is 5.89. The molecule has 0 aliphatic heterocycles. The van der Waals surface area contributed by atoms with E-state index < -0.39 is 0 Å². The summed E-state index contributed by atoms with van der Waals surface area (Å²) in [4.78, 5) is 0. The van der Waals surface area contributed by atoms with E-state index >= 15 is 0 Å². The summed E-state index contributed by atoms with van der Waals surface area (Å²) >= 11 is 0.